The number of nitrogens with zero attached hydrogens (tertiary/aromatic N) is 4. The zero-order valence-electron chi connectivity index (χ0n) is 16.7. The van der Waals surface area contributed by atoms with E-state index in [1.54, 1.807) is 11.1 Å². The van der Waals surface area contributed by atoms with Gasteiger partial charge in [0.15, 0.2) is 6.61 Å². The molecule has 3 aromatic rings. The summed E-state index contributed by atoms with van der Waals surface area (Å²) < 4.78 is 10.9. The molecule has 0 saturated carbocycles. The number of fused-ring (bicyclic) bond motifs is 1. The Morgan fingerprint density at radius 3 is 2.81 bits per heavy atom. The quantitative estimate of drug-likeness (QED) is 0.625. The van der Waals surface area contributed by atoms with Gasteiger partial charge < -0.3 is 14.4 Å². The third-order valence-electron chi connectivity index (χ3n) is 5.24. The second-order valence-corrected chi connectivity index (χ2v) is 8.06. The number of thiazole rings is 1. The molecule has 31 heavy (non-hydrogen) atoms. The first-order valence-corrected chi connectivity index (χ1v) is 10.9. The number of morpholine rings is 1. The number of amides is 2. The molecule has 8 nitrogen and oxygen atoms in total. The molecule has 2 aliphatic heterocycles. The maximum Gasteiger partial charge on any atom is 0.265 e. The number of anilines is 1. The minimum Gasteiger partial charge on any atom is -0.482 e. The summed E-state index contributed by atoms with van der Waals surface area (Å²) in [6, 6.07) is 11.3. The van der Waals surface area contributed by atoms with Crippen LogP contribution in [0.4, 0.5) is 5.69 Å². The van der Waals surface area contributed by atoms with Crippen LogP contribution < -0.4 is 9.64 Å². The van der Waals surface area contributed by atoms with E-state index in [-0.39, 0.29) is 25.0 Å². The Labute approximate surface area is 183 Å². The minimum absolute atomic E-state index is 0.0190. The van der Waals surface area contributed by atoms with Crippen molar-refractivity contribution in [2.24, 2.45) is 0 Å². The van der Waals surface area contributed by atoms with Gasteiger partial charge in [0.25, 0.3) is 5.91 Å². The highest BCUT2D eigenvalue weighted by Crippen LogP contribution is 2.37. The highest BCUT2D eigenvalue weighted by atomic mass is 32.1. The molecule has 2 amide bonds. The van der Waals surface area contributed by atoms with E-state index in [0.717, 1.165) is 22.0 Å². The standard InChI is InChI=1S/C22H20N4O4S/c27-20(25-7-9-29-10-8-25)12-26-18-11-15(4-5-19(18)30-13-21(26)28)17-14-31-22(24-17)16-3-1-2-6-23-16/h1-6,11,14H,7-10,12-13H2. The van der Waals surface area contributed by atoms with Crippen LogP contribution in [0, 0.1) is 0 Å². The number of aromatic nitrogens is 2. The zero-order chi connectivity index (χ0) is 21.2. The number of carbonyl (C=O) groups is 2. The highest BCUT2D eigenvalue weighted by molar-refractivity contribution is 7.13. The summed E-state index contributed by atoms with van der Waals surface area (Å²) in [7, 11) is 0. The number of rotatable bonds is 4. The number of pyridine rings is 1. The lowest BCUT2D eigenvalue weighted by molar-refractivity contribution is -0.135. The molecular formula is C22H20N4O4S. The molecule has 0 N–H and O–H groups in total. The number of benzene rings is 1. The summed E-state index contributed by atoms with van der Waals surface area (Å²) in [6.07, 6.45) is 1.74. The SMILES string of the molecule is O=C(CN1C(=O)COc2ccc(-c3csc(-c4ccccn4)n3)cc21)N1CCOCC1. The largest absolute Gasteiger partial charge is 0.482 e. The molecule has 0 unspecified atom stereocenters. The van der Waals surface area contributed by atoms with Crippen molar-refractivity contribution in [1.82, 2.24) is 14.9 Å². The summed E-state index contributed by atoms with van der Waals surface area (Å²) in [6.45, 7) is 2.02. The Balaban J connectivity index is 1.42. The lowest BCUT2D eigenvalue weighted by atomic mass is 10.1. The van der Waals surface area contributed by atoms with E-state index in [0.29, 0.717) is 37.7 Å². The van der Waals surface area contributed by atoms with Gasteiger partial charge in [-0.2, -0.15) is 0 Å². The van der Waals surface area contributed by atoms with Gasteiger partial charge in [-0.05, 0) is 30.3 Å². The Hall–Kier alpha value is -3.30. The molecule has 0 radical (unpaired) electrons. The van der Waals surface area contributed by atoms with Gasteiger partial charge in [-0.25, -0.2) is 4.98 Å². The van der Waals surface area contributed by atoms with Gasteiger partial charge in [-0.1, -0.05) is 6.07 Å². The van der Waals surface area contributed by atoms with Gasteiger partial charge in [-0.3, -0.25) is 19.5 Å². The molecule has 1 saturated heterocycles. The molecule has 0 atom stereocenters. The van der Waals surface area contributed by atoms with Gasteiger partial charge in [0.2, 0.25) is 5.91 Å². The van der Waals surface area contributed by atoms with E-state index in [1.807, 2.05) is 41.8 Å². The first-order chi connectivity index (χ1) is 15.2. The van der Waals surface area contributed by atoms with Crippen molar-refractivity contribution in [3.63, 3.8) is 0 Å². The predicted octanol–water partition coefficient (Wildman–Crippen LogP) is 2.46. The number of ether oxygens (including phenoxy) is 2. The molecule has 5 rings (SSSR count). The summed E-state index contributed by atoms with van der Waals surface area (Å²) in [5.74, 6) is 0.248. The average molecular weight is 436 g/mol. The molecule has 2 aromatic heterocycles. The predicted molar refractivity (Wildman–Crippen MR) is 116 cm³/mol. The second-order valence-electron chi connectivity index (χ2n) is 7.20. The average Bonchev–Trinajstić information content (AvgIpc) is 3.32. The molecule has 2 aliphatic rings. The zero-order valence-corrected chi connectivity index (χ0v) is 17.5. The molecule has 0 bridgehead atoms. The van der Waals surface area contributed by atoms with Crippen LogP contribution in [0.15, 0.2) is 48.0 Å². The third kappa shape index (κ3) is 4.01. The maximum atomic E-state index is 12.8. The fourth-order valence-corrected chi connectivity index (χ4v) is 4.40. The summed E-state index contributed by atoms with van der Waals surface area (Å²) in [5, 5.41) is 2.78. The molecule has 4 heterocycles. The van der Waals surface area contributed by atoms with Crippen LogP contribution in [-0.2, 0) is 14.3 Å². The van der Waals surface area contributed by atoms with Crippen LogP contribution >= 0.6 is 11.3 Å². The lowest BCUT2D eigenvalue weighted by Gasteiger charge is -2.32. The Morgan fingerprint density at radius 1 is 1.13 bits per heavy atom. The van der Waals surface area contributed by atoms with Crippen LogP contribution in [0.5, 0.6) is 5.75 Å². The third-order valence-corrected chi connectivity index (χ3v) is 6.11. The molecule has 1 aromatic carbocycles. The van der Waals surface area contributed by atoms with Crippen LogP contribution in [0.25, 0.3) is 22.0 Å². The smallest absolute Gasteiger partial charge is 0.265 e. The normalized spacial score (nSPS) is 16.1. The Bertz CT molecular complexity index is 1110. The first-order valence-electron chi connectivity index (χ1n) is 9.99. The summed E-state index contributed by atoms with van der Waals surface area (Å²) in [4.78, 5) is 37.6. The fraction of sp³-hybridized carbons (Fsp3) is 0.273. The van der Waals surface area contributed by atoms with Gasteiger partial charge in [0.05, 0.1) is 30.3 Å². The van der Waals surface area contributed by atoms with Crippen molar-refractivity contribution in [3.05, 3.63) is 48.0 Å². The monoisotopic (exact) mass is 436 g/mol. The van der Waals surface area contributed by atoms with Crippen molar-refractivity contribution < 1.29 is 19.1 Å². The number of hydrogen-bond acceptors (Lipinski definition) is 7. The molecule has 9 heteroatoms. The van der Waals surface area contributed by atoms with Crippen LogP contribution in [0.2, 0.25) is 0 Å². The Morgan fingerprint density at radius 2 is 2.00 bits per heavy atom. The maximum absolute atomic E-state index is 12.8. The van der Waals surface area contributed by atoms with E-state index in [9.17, 15) is 9.59 Å². The minimum atomic E-state index is -0.237. The van der Waals surface area contributed by atoms with E-state index in [1.165, 1.54) is 16.2 Å². The fourth-order valence-electron chi connectivity index (χ4n) is 3.60. The van der Waals surface area contributed by atoms with E-state index < -0.39 is 0 Å². The van der Waals surface area contributed by atoms with Crippen molar-refractivity contribution in [2.45, 2.75) is 0 Å². The molecule has 1 fully saturated rings. The molecule has 0 spiro atoms. The van der Waals surface area contributed by atoms with Gasteiger partial charge in [0.1, 0.15) is 17.3 Å². The number of carbonyl (C=O) groups excluding carboxylic acids is 2. The Kier molecular flexibility index (Phi) is 5.35. The highest BCUT2D eigenvalue weighted by Gasteiger charge is 2.30. The molecule has 158 valence electrons. The van der Waals surface area contributed by atoms with Gasteiger partial charge >= 0.3 is 0 Å². The van der Waals surface area contributed by atoms with Crippen molar-refractivity contribution in [2.75, 3.05) is 44.4 Å². The second kappa shape index (κ2) is 8.44. The van der Waals surface area contributed by atoms with E-state index in [4.69, 9.17) is 14.5 Å². The van der Waals surface area contributed by atoms with Crippen LogP contribution in [0.3, 0.4) is 0 Å². The van der Waals surface area contributed by atoms with Crippen molar-refractivity contribution >= 4 is 28.8 Å². The van der Waals surface area contributed by atoms with Crippen LogP contribution in [-0.4, -0.2) is 66.1 Å². The summed E-state index contributed by atoms with van der Waals surface area (Å²) in [5.41, 5.74) is 3.03. The first kappa shape index (κ1) is 19.7. The molecular weight excluding hydrogens is 416 g/mol. The van der Waals surface area contributed by atoms with Crippen LogP contribution in [0.1, 0.15) is 0 Å². The van der Waals surface area contributed by atoms with Gasteiger partial charge in [0, 0.05) is 30.2 Å². The van der Waals surface area contributed by atoms with E-state index >= 15 is 0 Å². The van der Waals surface area contributed by atoms with Crippen molar-refractivity contribution in [1.29, 1.82) is 0 Å². The topological polar surface area (TPSA) is 84.9 Å². The van der Waals surface area contributed by atoms with Crippen molar-refractivity contribution in [3.8, 4) is 27.7 Å². The van der Waals surface area contributed by atoms with E-state index in [2.05, 4.69) is 4.98 Å². The number of hydrogen-bond donors (Lipinski definition) is 0. The summed E-state index contributed by atoms with van der Waals surface area (Å²) >= 11 is 1.51. The lowest BCUT2D eigenvalue weighted by Crippen LogP contribution is -2.49. The molecule has 0 aliphatic carbocycles. The van der Waals surface area contributed by atoms with Gasteiger partial charge in [-0.15, -0.1) is 11.3 Å².